The summed E-state index contributed by atoms with van der Waals surface area (Å²) in [6, 6.07) is 14.7. The highest BCUT2D eigenvalue weighted by Crippen LogP contribution is 2.23. The van der Waals surface area contributed by atoms with Crippen LogP contribution in [0.2, 0.25) is 5.02 Å². The smallest absolute Gasteiger partial charge is 0.0451 e. The van der Waals surface area contributed by atoms with Gasteiger partial charge in [0.25, 0.3) is 0 Å². The van der Waals surface area contributed by atoms with Crippen LogP contribution in [0.1, 0.15) is 30.5 Å². The molecule has 0 bridgehead atoms. The summed E-state index contributed by atoms with van der Waals surface area (Å²) in [7, 11) is 0. The minimum atomic E-state index is 0.332. The standard InChI is InChI=1S/C16H16Br2ClN/c1-2-16(11-3-5-13(17)6-4-11)20-10-12-9-14(18)7-8-15(12)19/h3-9,16,20H,2,10H2,1H3. The predicted octanol–water partition coefficient (Wildman–Crippen LogP) is 6.11. The van der Waals surface area contributed by atoms with Crippen molar-refractivity contribution in [1.82, 2.24) is 5.32 Å². The number of halogens is 3. The minimum absolute atomic E-state index is 0.332. The Morgan fingerprint density at radius 3 is 2.35 bits per heavy atom. The van der Waals surface area contributed by atoms with Gasteiger partial charge in [0.2, 0.25) is 0 Å². The molecule has 0 heterocycles. The van der Waals surface area contributed by atoms with E-state index in [1.807, 2.05) is 12.1 Å². The Morgan fingerprint density at radius 2 is 1.70 bits per heavy atom. The van der Waals surface area contributed by atoms with Gasteiger partial charge in [-0.15, -0.1) is 0 Å². The highest BCUT2D eigenvalue weighted by atomic mass is 79.9. The van der Waals surface area contributed by atoms with Gasteiger partial charge in [0.05, 0.1) is 0 Å². The van der Waals surface area contributed by atoms with Crippen molar-refractivity contribution in [2.45, 2.75) is 25.9 Å². The van der Waals surface area contributed by atoms with Crippen LogP contribution in [0, 0.1) is 0 Å². The molecule has 0 fully saturated rings. The summed E-state index contributed by atoms with van der Waals surface area (Å²) in [5.74, 6) is 0. The van der Waals surface area contributed by atoms with Crippen molar-refractivity contribution in [3.63, 3.8) is 0 Å². The van der Waals surface area contributed by atoms with Crippen molar-refractivity contribution in [2.24, 2.45) is 0 Å². The Kier molecular flexibility index (Phi) is 6.09. The molecule has 0 radical (unpaired) electrons. The molecule has 0 spiro atoms. The van der Waals surface area contributed by atoms with E-state index >= 15 is 0 Å². The maximum atomic E-state index is 6.22. The lowest BCUT2D eigenvalue weighted by molar-refractivity contribution is 0.519. The number of hydrogen-bond donors (Lipinski definition) is 1. The second-order valence-corrected chi connectivity index (χ2v) is 6.87. The highest BCUT2D eigenvalue weighted by Gasteiger charge is 2.10. The van der Waals surface area contributed by atoms with Crippen LogP contribution in [-0.4, -0.2) is 0 Å². The summed E-state index contributed by atoms with van der Waals surface area (Å²) in [4.78, 5) is 0. The van der Waals surface area contributed by atoms with Gasteiger partial charge in [0.1, 0.15) is 0 Å². The Morgan fingerprint density at radius 1 is 1.05 bits per heavy atom. The van der Waals surface area contributed by atoms with E-state index in [9.17, 15) is 0 Å². The molecule has 0 saturated carbocycles. The fraction of sp³-hybridized carbons (Fsp3) is 0.250. The van der Waals surface area contributed by atoms with Gasteiger partial charge in [-0.05, 0) is 47.9 Å². The van der Waals surface area contributed by atoms with Crippen molar-refractivity contribution in [3.05, 3.63) is 67.6 Å². The third kappa shape index (κ3) is 4.32. The molecule has 2 aromatic rings. The molecule has 0 aromatic heterocycles. The van der Waals surface area contributed by atoms with Crippen molar-refractivity contribution < 1.29 is 0 Å². The average Bonchev–Trinajstić information content (AvgIpc) is 2.45. The van der Waals surface area contributed by atoms with Gasteiger partial charge in [-0.2, -0.15) is 0 Å². The largest absolute Gasteiger partial charge is 0.306 e. The molecule has 20 heavy (non-hydrogen) atoms. The second kappa shape index (κ2) is 7.60. The molecule has 106 valence electrons. The third-order valence-electron chi connectivity index (χ3n) is 3.23. The molecule has 0 aliphatic carbocycles. The molecule has 1 atom stereocenters. The maximum Gasteiger partial charge on any atom is 0.0451 e. The van der Waals surface area contributed by atoms with Crippen LogP contribution in [0.3, 0.4) is 0 Å². The Balaban J connectivity index is 2.07. The summed E-state index contributed by atoms with van der Waals surface area (Å²) in [5.41, 5.74) is 2.40. The number of hydrogen-bond acceptors (Lipinski definition) is 1. The lowest BCUT2D eigenvalue weighted by Crippen LogP contribution is -2.20. The molecular formula is C16H16Br2ClN. The van der Waals surface area contributed by atoms with Crippen LogP contribution in [0.15, 0.2) is 51.4 Å². The molecule has 0 aliphatic rings. The third-order valence-corrected chi connectivity index (χ3v) is 4.62. The summed E-state index contributed by atoms with van der Waals surface area (Å²) < 4.78 is 2.15. The SMILES string of the molecule is CCC(NCc1cc(Br)ccc1Cl)c1ccc(Br)cc1. The van der Waals surface area contributed by atoms with E-state index in [-0.39, 0.29) is 0 Å². The van der Waals surface area contributed by atoms with Crippen molar-refractivity contribution in [3.8, 4) is 0 Å². The van der Waals surface area contributed by atoms with Gasteiger partial charge in [0.15, 0.2) is 0 Å². The second-order valence-electron chi connectivity index (χ2n) is 4.63. The van der Waals surface area contributed by atoms with Crippen LogP contribution < -0.4 is 5.32 Å². The number of nitrogens with one attached hydrogen (secondary N) is 1. The summed E-state index contributed by atoms with van der Waals surface area (Å²) in [6.45, 7) is 2.94. The number of benzene rings is 2. The molecular weight excluding hydrogens is 401 g/mol. The molecule has 0 amide bonds. The molecule has 2 aromatic carbocycles. The first-order chi connectivity index (χ1) is 9.60. The van der Waals surface area contributed by atoms with Crippen molar-refractivity contribution >= 4 is 43.5 Å². The van der Waals surface area contributed by atoms with Gasteiger partial charge in [0, 0.05) is 26.6 Å². The van der Waals surface area contributed by atoms with Gasteiger partial charge < -0.3 is 5.32 Å². The van der Waals surface area contributed by atoms with E-state index in [1.54, 1.807) is 0 Å². The van der Waals surface area contributed by atoms with Crippen molar-refractivity contribution in [2.75, 3.05) is 0 Å². The van der Waals surface area contributed by atoms with E-state index < -0.39 is 0 Å². The fourth-order valence-electron chi connectivity index (χ4n) is 2.10. The van der Waals surface area contributed by atoms with E-state index in [4.69, 9.17) is 11.6 Å². The molecule has 0 aliphatic heterocycles. The molecule has 4 heteroatoms. The van der Waals surface area contributed by atoms with Gasteiger partial charge in [-0.1, -0.05) is 62.5 Å². The lowest BCUT2D eigenvalue weighted by Gasteiger charge is -2.18. The Labute approximate surface area is 142 Å². The van der Waals surface area contributed by atoms with Gasteiger partial charge in [-0.3, -0.25) is 0 Å². The molecule has 2 rings (SSSR count). The van der Waals surface area contributed by atoms with Crippen molar-refractivity contribution in [1.29, 1.82) is 0 Å². The van der Waals surface area contributed by atoms with E-state index in [0.717, 1.165) is 32.5 Å². The molecule has 1 unspecified atom stereocenters. The average molecular weight is 418 g/mol. The van der Waals surface area contributed by atoms with Gasteiger partial charge >= 0.3 is 0 Å². The fourth-order valence-corrected chi connectivity index (χ4v) is 2.96. The topological polar surface area (TPSA) is 12.0 Å². The van der Waals surface area contributed by atoms with Crippen LogP contribution in [0.25, 0.3) is 0 Å². The molecule has 1 nitrogen and oxygen atoms in total. The van der Waals surface area contributed by atoms with E-state index in [1.165, 1.54) is 5.56 Å². The molecule has 0 saturated heterocycles. The lowest BCUT2D eigenvalue weighted by atomic mass is 10.0. The predicted molar refractivity (Wildman–Crippen MR) is 93.2 cm³/mol. The van der Waals surface area contributed by atoms with Gasteiger partial charge in [-0.25, -0.2) is 0 Å². The minimum Gasteiger partial charge on any atom is -0.306 e. The molecule has 1 N–H and O–H groups in total. The van der Waals surface area contributed by atoms with Crippen LogP contribution in [-0.2, 0) is 6.54 Å². The van der Waals surface area contributed by atoms with E-state index in [0.29, 0.717) is 6.04 Å². The Bertz CT molecular complexity index is 569. The number of rotatable bonds is 5. The summed E-state index contributed by atoms with van der Waals surface area (Å²) >= 11 is 13.2. The summed E-state index contributed by atoms with van der Waals surface area (Å²) in [5, 5.41) is 4.37. The first kappa shape index (κ1) is 16.0. The van der Waals surface area contributed by atoms with Crippen LogP contribution in [0.5, 0.6) is 0 Å². The normalized spacial score (nSPS) is 12.4. The maximum absolute atomic E-state index is 6.22. The zero-order valence-corrected chi connectivity index (χ0v) is 15.1. The summed E-state index contributed by atoms with van der Waals surface area (Å²) in [6.07, 6.45) is 1.03. The first-order valence-electron chi connectivity index (χ1n) is 6.53. The van der Waals surface area contributed by atoms with Crippen LogP contribution in [0.4, 0.5) is 0 Å². The highest BCUT2D eigenvalue weighted by molar-refractivity contribution is 9.10. The first-order valence-corrected chi connectivity index (χ1v) is 8.49. The van der Waals surface area contributed by atoms with Crippen LogP contribution >= 0.6 is 43.5 Å². The monoisotopic (exact) mass is 415 g/mol. The Hall–Kier alpha value is -0.350. The quantitative estimate of drug-likeness (QED) is 0.619. The zero-order valence-electron chi connectivity index (χ0n) is 11.2. The van der Waals surface area contributed by atoms with E-state index in [2.05, 4.69) is 74.4 Å². The zero-order chi connectivity index (χ0) is 14.5.